The third kappa shape index (κ3) is 1.80. The van der Waals surface area contributed by atoms with E-state index in [1.807, 2.05) is 13.1 Å². The van der Waals surface area contributed by atoms with E-state index in [2.05, 4.69) is 30.1 Å². The lowest BCUT2D eigenvalue weighted by molar-refractivity contribution is 1.12. The molecular formula is C12H15N. The van der Waals surface area contributed by atoms with Crippen LogP contribution in [0.1, 0.15) is 36.8 Å². The van der Waals surface area contributed by atoms with Crippen molar-refractivity contribution in [2.45, 2.75) is 32.6 Å². The Kier molecular flexibility index (Phi) is 2.17. The summed E-state index contributed by atoms with van der Waals surface area (Å²) < 4.78 is 0. The molecule has 0 aromatic heterocycles. The van der Waals surface area contributed by atoms with Crippen molar-refractivity contribution in [2.75, 3.05) is 0 Å². The highest BCUT2D eigenvalue weighted by molar-refractivity contribution is 5.62. The third-order valence-corrected chi connectivity index (χ3v) is 2.54. The van der Waals surface area contributed by atoms with Gasteiger partial charge < -0.3 is 0 Å². The van der Waals surface area contributed by atoms with Crippen LogP contribution in [0.3, 0.4) is 0 Å². The summed E-state index contributed by atoms with van der Waals surface area (Å²) >= 11 is 0. The molecule has 68 valence electrons. The van der Waals surface area contributed by atoms with Crippen LogP contribution < -0.4 is 0 Å². The second-order valence-electron chi connectivity index (χ2n) is 3.71. The van der Waals surface area contributed by atoms with Crippen molar-refractivity contribution in [3.63, 3.8) is 0 Å². The van der Waals surface area contributed by atoms with Gasteiger partial charge >= 0.3 is 0 Å². The summed E-state index contributed by atoms with van der Waals surface area (Å²) in [4.78, 5) is 4.30. The van der Waals surface area contributed by atoms with Crippen molar-refractivity contribution < 1.29 is 0 Å². The molecular weight excluding hydrogens is 158 g/mol. The lowest BCUT2D eigenvalue weighted by Crippen LogP contribution is -1.81. The second kappa shape index (κ2) is 3.33. The molecule has 1 aliphatic rings. The minimum atomic E-state index is 0.846. The average molecular weight is 173 g/mol. The molecule has 2 rings (SSSR count). The van der Waals surface area contributed by atoms with E-state index in [1.165, 1.54) is 24.0 Å². The van der Waals surface area contributed by atoms with Gasteiger partial charge in [-0.2, -0.15) is 0 Å². The molecule has 0 aliphatic heterocycles. The minimum Gasteiger partial charge on any atom is -0.261 e. The molecule has 0 unspecified atom stereocenters. The Morgan fingerprint density at radius 1 is 1.38 bits per heavy atom. The molecule has 0 N–H and O–H groups in total. The first kappa shape index (κ1) is 8.49. The normalized spacial score (nSPS) is 16.8. The standard InChI is InChI=1S/C12H15N/c1-3-13-12-7-6-11(8-9(12)2)10-4-5-10/h3,6-8,10H,4-5H2,1-2H3. The number of aryl methyl sites for hydroxylation is 1. The molecule has 1 saturated carbocycles. The number of hydrogen-bond donors (Lipinski definition) is 0. The lowest BCUT2D eigenvalue weighted by Gasteiger charge is -2.03. The Morgan fingerprint density at radius 3 is 2.69 bits per heavy atom. The van der Waals surface area contributed by atoms with E-state index >= 15 is 0 Å². The fraction of sp³-hybridized carbons (Fsp3) is 0.417. The Labute approximate surface area is 79.5 Å². The maximum Gasteiger partial charge on any atom is 0.0654 e. The van der Waals surface area contributed by atoms with E-state index in [1.54, 1.807) is 0 Å². The molecule has 0 radical (unpaired) electrons. The first-order valence-corrected chi connectivity index (χ1v) is 4.90. The van der Waals surface area contributed by atoms with E-state index < -0.39 is 0 Å². The molecule has 0 atom stereocenters. The van der Waals surface area contributed by atoms with Gasteiger partial charge in [0.15, 0.2) is 0 Å². The molecule has 1 aromatic carbocycles. The lowest BCUT2D eigenvalue weighted by atomic mass is 10.1. The highest BCUT2D eigenvalue weighted by atomic mass is 14.7. The van der Waals surface area contributed by atoms with Crippen LogP contribution in [0.15, 0.2) is 23.2 Å². The number of rotatable bonds is 2. The van der Waals surface area contributed by atoms with E-state index in [-0.39, 0.29) is 0 Å². The Hall–Kier alpha value is -1.11. The first-order valence-electron chi connectivity index (χ1n) is 4.90. The molecule has 0 spiro atoms. The van der Waals surface area contributed by atoms with Gasteiger partial charge in [-0.05, 0) is 49.8 Å². The number of benzene rings is 1. The van der Waals surface area contributed by atoms with Gasteiger partial charge in [0.2, 0.25) is 0 Å². The van der Waals surface area contributed by atoms with E-state index in [0.29, 0.717) is 0 Å². The summed E-state index contributed by atoms with van der Waals surface area (Å²) in [5, 5.41) is 0. The smallest absolute Gasteiger partial charge is 0.0654 e. The molecule has 0 bridgehead atoms. The van der Waals surface area contributed by atoms with Gasteiger partial charge in [0.1, 0.15) is 0 Å². The fourth-order valence-corrected chi connectivity index (χ4v) is 1.63. The van der Waals surface area contributed by atoms with Crippen LogP contribution in [0.4, 0.5) is 5.69 Å². The van der Waals surface area contributed by atoms with Crippen molar-refractivity contribution in [3.8, 4) is 0 Å². The van der Waals surface area contributed by atoms with Crippen LogP contribution in [0, 0.1) is 6.92 Å². The molecule has 0 saturated heterocycles. The predicted molar refractivity (Wildman–Crippen MR) is 57.0 cm³/mol. The molecule has 1 fully saturated rings. The van der Waals surface area contributed by atoms with E-state index in [0.717, 1.165) is 11.6 Å². The molecule has 1 aromatic rings. The molecule has 1 nitrogen and oxygen atoms in total. The zero-order valence-electron chi connectivity index (χ0n) is 8.25. The summed E-state index contributed by atoms with van der Waals surface area (Å²) in [6.45, 7) is 4.09. The van der Waals surface area contributed by atoms with Crippen molar-refractivity contribution in [1.82, 2.24) is 0 Å². The van der Waals surface area contributed by atoms with Crippen LogP contribution in [0.5, 0.6) is 0 Å². The molecule has 0 amide bonds. The Balaban J connectivity index is 2.31. The zero-order valence-corrected chi connectivity index (χ0v) is 8.25. The van der Waals surface area contributed by atoms with Gasteiger partial charge in [-0.3, -0.25) is 4.99 Å². The van der Waals surface area contributed by atoms with E-state index in [4.69, 9.17) is 0 Å². The monoisotopic (exact) mass is 173 g/mol. The molecule has 13 heavy (non-hydrogen) atoms. The third-order valence-electron chi connectivity index (χ3n) is 2.54. The summed E-state index contributed by atoms with van der Waals surface area (Å²) in [5.41, 5.74) is 3.89. The largest absolute Gasteiger partial charge is 0.261 e. The Bertz CT molecular complexity index is 335. The highest BCUT2D eigenvalue weighted by Gasteiger charge is 2.23. The molecule has 0 heterocycles. The van der Waals surface area contributed by atoms with Gasteiger partial charge in [0.25, 0.3) is 0 Å². The fourth-order valence-electron chi connectivity index (χ4n) is 1.63. The summed E-state index contributed by atoms with van der Waals surface area (Å²) in [7, 11) is 0. The Morgan fingerprint density at radius 2 is 2.15 bits per heavy atom. The molecule has 1 aliphatic carbocycles. The first-order chi connectivity index (χ1) is 6.31. The average Bonchev–Trinajstić information content (AvgIpc) is 2.91. The van der Waals surface area contributed by atoms with Crippen LogP contribution in [0.2, 0.25) is 0 Å². The number of aliphatic imine (C=N–C) groups is 1. The summed E-state index contributed by atoms with van der Waals surface area (Å²) in [6.07, 6.45) is 4.59. The van der Waals surface area contributed by atoms with Gasteiger partial charge in [-0.25, -0.2) is 0 Å². The second-order valence-corrected chi connectivity index (χ2v) is 3.71. The molecule has 1 heteroatoms. The SMILES string of the molecule is CC=Nc1ccc(C2CC2)cc1C. The minimum absolute atomic E-state index is 0.846. The number of hydrogen-bond acceptors (Lipinski definition) is 1. The van der Waals surface area contributed by atoms with Crippen LogP contribution in [-0.2, 0) is 0 Å². The van der Waals surface area contributed by atoms with Crippen molar-refractivity contribution in [1.29, 1.82) is 0 Å². The quantitative estimate of drug-likeness (QED) is 0.606. The van der Waals surface area contributed by atoms with Gasteiger partial charge in [0, 0.05) is 6.21 Å². The van der Waals surface area contributed by atoms with Crippen LogP contribution in [-0.4, -0.2) is 6.21 Å². The topological polar surface area (TPSA) is 12.4 Å². The van der Waals surface area contributed by atoms with Crippen molar-refractivity contribution in [3.05, 3.63) is 29.3 Å². The van der Waals surface area contributed by atoms with Crippen LogP contribution in [0.25, 0.3) is 0 Å². The van der Waals surface area contributed by atoms with Crippen molar-refractivity contribution >= 4 is 11.9 Å². The van der Waals surface area contributed by atoms with Crippen molar-refractivity contribution in [2.24, 2.45) is 4.99 Å². The highest BCUT2D eigenvalue weighted by Crippen LogP contribution is 2.41. The summed E-state index contributed by atoms with van der Waals surface area (Å²) in [5.74, 6) is 0.846. The zero-order chi connectivity index (χ0) is 9.26. The summed E-state index contributed by atoms with van der Waals surface area (Å²) in [6, 6.07) is 6.62. The predicted octanol–water partition coefficient (Wildman–Crippen LogP) is 3.59. The maximum absolute atomic E-state index is 4.30. The number of nitrogens with zero attached hydrogens (tertiary/aromatic N) is 1. The van der Waals surface area contributed by atoms with Gasteiger partial charge in [-0.1, -0.05) is 12.1 Å². The van der Waals surface area contributed by atoms with Gasteiger partial charge in [0.05, 0.1) is 5.69 Å². The van der Waals surface area contributed by atoms with Gasteiger partial charge in [-0.15, -0.1) is 0 Å². The maximum atomic E-state index is 4.30. The van der Waals surface area contributed by atoms with Crippen LogP contribution >= 0.6 is 0 Å². The van der Waals surface area contributed by atoms with E-state index in [9.17, 15) is 0 Å².